The van der Waals surface area contributed by atoms with Gasteiger partial charge in [-0.1, -0.05) is 12.1 Å². The molecule has 0 spiro atoms. The summed E-state index contributed by atoms with van der Waals surface area (Å²) in [4.78, 5) is 0. The molecule has 47 valence electrons. The molecule has 0 bridgehead atoms. The summed E-state index contributed by atoms with van der Waals surface area (Å²) in [5.41, 5.74) is 0.700. The van der Waals surface area contributed by atoms with Crippen molar-refractivity contribution < 1.29 is 10.2 Å². The van der Waals surface area contributed by atoms with Gasteiger partial charge in [0.15, 0.2) is 0 Å². The van der Waals surface area contributed by atoms with E-state index in [1.165, 1.54) is 6.07 Å². The number of hydrogen-bond acceptors (Lipinski definition) is 2. The van der Waals surface area contributed by atoms with E-state index in [1.807, 2.05) is 0 Å². The largest absolute Gasteiger partial charge is 0.507 e. The van der Waals surface area contributed by atoms with Crippen LogP contribution < -0.4 is 0 Å². The lowest BCUT2D eigenvalue weighted by molar-refractivity contribution is 0.281. The monoisotopic (exact) mass is 123 g/mol. The highest BCUT2D eigenvalue weighted by atomic mass is 16.3. The van der Waals surface area contributed by atoms with Gasteiger partial charge >= 0.3 is 0 Å². The predicted octanol–water partition coefficient (Wildman–Crippen LogP) is 0.685. The molecule has 0 unspecified atom stereocenters. The predicted molar refractivity (Wildman–Crippen MR) is 32.9 cm³/mol. The van der Waals surface area contributed by atoms with Crippen molar-refractivity contribution in [3.8, 4) is 5.75 Å². The highest BCUT2D eigenvalue weighted by Gasteiger charge is 1.89. The molecule has 1 rings (SSSR count). The number of hydrogen-bond donors (Lipinski definition) is 2. The molecule has 0 aliphatic heterocycles. The molecular formula is C7H7O2. The van der Waals surface area contributed by atoms with E-state index < -0.39 is 0 Å². The van der Waals surface area contributed by atoms with Gasteiger partial charge in [-0.2, -0.15) is 0 Å². The molecular weight excluding hydrogens is 116 g/mol. The van der Waals surface area contributed by atoms with Crippen molar-refractivity contribution in [2.24, 2.45) is 0 Å². The Hall–Kier alpha value is -1.02. The fourth-order valence-electron chi connectivity index (χ4n) is 0.598. The van der Waals surface area contributed by atoms with E-state index in [0.29, 0.717) is 5.56 Å². The minimum Gasteiger partial charge on any atom is -0.507 e. The molecule has 1 aromatic rings. The van der Waals surface area contributed by atoms with Gasteiger partial charge in [-0.3, -0.25) is 0 Å². The Labute approximate surface area is 53.4 Å². The third-order valence-electron chi connectivity index (χ3n) is 1.03. The van der Waals surface area contributed by atoms with Crippen molar-refractivity contribution in [1.29, 1.82) is 0 Å². The van der Waals surface area contributed by atoms with Crippen molar-refractivity contribution in [2.45, 2.75) is 6.61 Å². The molecule has 2 heteroatoms. The molecule has 0 saturated heterocycles. The zero-order chi connectivity index (χ0) is 6.69. The molecule has 0 aromatic heterocycles. The maximum absolute atomic E-state index is 8.78. The molecule has 2 nitrogen and oxygen atoms in total. The summed E-state index contributed by atoms with van der Waals surface area (Å²) in [7, 11) is 0. The first-order valence-electron chi connectivity index (χ1n) is 2.63. The Morgan fingerprint density at radius 1 is 1.56 bits per heavy atom. The summed E-state index contributed by atoms with van der Waals surface area (Å²) in [5.74, 6) is 0.0709. The van der Waals surface area contributed by atoms with Gasteiger partial charge in [0.25, 0.3) is 0 Å². The third-order valence-corrected chi connectivity index (χ3v) is 1.03. The van der Waals surface area contributed by atoms with Gasteiger partial charge in [-0.25, -0.2) is 0 Å². The SMILES string of the molecule is OCc1cc[c]c(O)c1. The van der Waals surface area contributed by atoms with E-state index in [1.54, 1.807) is 12.1 Å². The molecule has 0 saturated carbocycles. The summed E-state index contributed by atoms with van der Waals surface area (Å²) >= 11 is 0. The highest BCUT2D eigenvalue weighted by molar-refractivity contribution is 5.25. The average Bonchev–Trinajstić information content (AvgIpc) is 1.88. The number of phenols is 1. The Kier molecular flexibility index (Phi) is 1.70. The number of benzene rings is 1. The Morgan fingerprint density at radius 3 is 2.78 bits per heavy atom. The van der Waals surface area contributed by atoms with Crippen LogP contribution in [0.3, 0.4) is 0 Å². The minimum atomic E-state index is -0.0394. The van der Waals surface area contributed by atoms with E-state index >= 15 is 0 Å². The summed E-state index contributed by atoms with van der Waals surface area (Å²) < 4.78 is 0. The zero-order valence-corrected chi connectivity index (χ0v) is 4.83. The standard InChI is InChI=1S/C7H7O2/c8-5-6-2-1-3-7(9)4-6/h1-2,4,8-9H,5H2. The van der Waals surface area contributed by atoms with Crippen molar-refractivity contribution in [3.05, 3.63) is 29.8 Å². The molecule has 1 aromatic carbocycles. The average molecular weight is 123 g/mol. The molecule has 0 aliphatic carbocycles. The van der Waals surface area contributed by atoms with Gasteiger partial charge in [-0.15, -0.1) is 0 Å². The van der Waals surface area contributed by atoms with Crippen LogP contribution in [0.25, 0.3) is 0 Å². The number of aromatic hydroxyl groups is 1. The van der Waals surface area contributed by atoms with Crippen molar-refractivity contribution >= 4 is 0 Å². The fraction of sp³-hybridized carbons (Fsp3) is 0.143. The van der Waals surface area contributed by atoms with Crippen LogP contribution >= 0.6 is 0 Å². The second-order valence-electron chi connectivity index (χ2n) is 1.74. The van der Waals surface area contributed by atoms with E-state index in [9.17, 15) is 0 Å². The molecule has 0 amide bonds. The van der Waals surface area contributed by atoms with Gasteiger partial charge in [0.2, 0.25) is 0 Å². The van der Waals surface area contributed by atoms with Crippen LogP contribution in [0.5, 0.6) is 5.75 Å². The lowest BCUT2D eigenvalue weighted by Gasteiger charge is -1.93. The highest BCUT2D eigenvalue weighted by Crippen LogP contribution is 2.08. The smallest absolute Gasteiger partial charge is 0.123 e. The van der Waals surface area contributed by atoms with Crippen LogP contribution in [0, 0.1) is 6.07 Å². The second-order valence-corrected chi connectivity index (χ2v) is 1.74. The topological polar surface area (TPSA) is 40.5 Å². The second kappa shape index (κ2) is 2.51. The summed E-state index contributed by atoms with van der Waals surface area (Å²) in [6.45, 7) is -0.0394. The lowest BCUT2D eigenvalue weighted by atomic mass is 10.2. The van der Waals surface area contributed by atoms with Gasteiger partial charge < -0.3 is 10.2 Å². The van der Waals surface area contributed by atoms with E-state index in [4.69, 9.17) is 10.2 Å². The molecule has 1 radical (unpaired) electrons. The summed E-state index contributed by atoms with van der Waals surface area (Å²) in [5, 5.41) is 17.3. The van der Waals surface area contributed by atoms with Crippen LogP contribution in [0.2, 0.25) is 0 Å². The van der Waals surface area contributed by atoms with Crippen LogP contribution in [-0.2, 0) is 6.61 Å². The van der Waals surface area contributed by atoms with Gasteiger partial charge in [0.1, 0.15) is 5.75 Å². The summed E-state index contributed by atoms with van der Waals surface area (Å²) in [6, 6.07) is 7.29. The van der Waals surface area contributed by atoms with E-state index in [2.05, 4.69) is 6.07 Å². The van der Waals surface area contributed by atoms with Crippen LogP contribution in [-0.4, -0.2) is 10.2 Å². The zero-order valence-electron chi connectivity index (χ0n) is 4.83. The molecule has 0 aliphatic rings. The first-order valence-corrected chi connectivity index (χ1v) is 2.63. The lowest BCUT2D eigenvalue weighted by Crippen LogP contribution is -1.79. The minimum absolute atomic E-state index is 0.0394. The van der Waals surface area contributed by atoms with Crippen molar-refractivity contribution in [2.75, 3.05) is 0 Å². The van der Waals surface area contributed by atoms with Crippen LogP contribution in [0.4, 0.5) is 0 Å². The molecule has 0 heterocycles. The van der Waals surface area contributed by atoms with E-state index in [-0.39, 0.29) is 12.4 Å². The molecule has 9 heavy (non-hydrogen) atoms. The Bertz CT molecular complexity index is 196. The van der Waals surface area contributed by atoms with E-state index in [0.717, 1.165) is 0 Å². The van der Waals surface area contributed by atoms with Crippen molar-refractivity contribution in [3.63, 3.8) is 0 Å². The molecule has 0 atom stereocenters. The van der Waals surface area contributed by atoms with Crippen LogP contribution in [0.1, 0.15) is 5.56 Å². The normalized spacial score (nSPS) is 9.44. The Balaban J connectivity index is 2.94. The van der Waals surface area contributed by atoms with Crippen LogP contribution in [0.15, 0.2) is 18.2 Å². The third kappa shape index (κ3) is 1.44. The van der Waals surface area contributed by atoms with Gasteiger partial charge in [0.05, 0.1) is 6.61 Å². The van der Waals surface area contributed by atoms with Gasteiger partial charge in [0, 0.05) is 6.07 Å². The first-order chi connectivity index (χ1) is 4.33. The quantitative estimate of drug-likeness (QED) is 0.576. The summed E-state index contributed by atoms with van der Waals surface area (Å²) in [6.07, 6.45) is 0. The number of aliphatic hydroxyl groups is 1. The first kappa shape index (κ1) is 6.11. The van der Waals surface area contributed by atoms with Gasteiger partial charge in [-0.05, 0) is 11.6 Å². The maximum atomic E-state index is 8.78. The van der Waals surface area contributed by atoms with Crippen molar-refractivity contribution in [1.82, 2.24) is 0 Å². The Morgan fingerprint density at radius 2 is 2.33 bits per heavy atom. The number of rotatable bonds is 1. The molecule has 0 fully saturated rings. The number of aliphatic hydroxyl groups excluding tert-OH is 1. The molecule has 2 N–H and O–H groups in total. The fourth-order valence-corrected chi connectivity index (χ4v) is 0.598. The maximum Gasteiger partial charge on any atom is 0.123 e. The number of phenolic OH excluding ortho intramolecular Hbond substituents is 1.